The number of anilines is 1. The lowest BCUT2D eigenvalue weighted by Gasteiger charge is -2.21. The van der Waals surface area contributed by atoms with Gasteiger partial charge in [0.2, 0.25) is 6.23 Å². The van der Waals surface area contributed by atoms with Gasteiger partial charge in [0.15, 0.2) is 0 Å². The second-order valence-corrected chi connectivity index (χ2v) is 6.59. The van der Waals surface area contributed by atoms with Crippen molar-refractivity contribution in [2.24, 2.45) is 5.73 Å². The zero-order valence-electron chi connectivity index (χ0n) is 16.3. The predicted molar refractivity (Wildman–Crippen MR) is 99.8 cm³/mol. The van der Waals surface area contributed by atoms with Crippen molar-refractivity contribution in [2.45, 2.75) is 25.5 Å². The number of amides is 2. The third-order valence-corrected chi connectivity index (χ3v) is 4.16. The highest BCUT2D eigenvalue weighted by molar-refractivity contribution is 5.89. The van der Waals surface area contributed by atoms with Crippen molar-refractivity contribution in [2.75, 3.05) is 11.9 Å². The van der Waals surface area contributed by atoms with Crippen LogP contribution in [0, 0.1) is 6.92 Å². The molecule has 1 aromatic carbocycles. The fourth-order valence-electron chi connectivity index (χ4n) is 2.87. The second kappa shape index (κ2) is 8.53. The topological polar surface area (TPSA) is 100.0 Å². The number of nitrogens with one attached hydrogen (secondary N) is 1. The first-order valence-electron chi connectivity index (χ1n) is 8.88. The number of aromatic nitrogens is 4. The number of carbonyl (C=O) groups excluding carboxylic acids is 1. The van der Waals surface area contributed by atoms with Crippen molar-refractivity contribution in [3.05, 3.63) is 48.3 Å². The van der Waals surface area contributed by atoms with Crippen LogP contribution in [0.5, 0.6) is 0 Å². The molecule has 1 atom stereocenters. The van der Waals surface area contributed by atoms with Gasteiger partial charge in [0.25, 0.3) is 0 Å². The Kier molecular flexibility index (Phi) is 6.16. The summed E-state index contributed by atoms with van der Waals surface area (Å²) in [6, 6.07) is 7.57. The Morgan fingerprint density at radius 2 is 1.84 bits per heavy atom. The van der Waals surface area contributed by atoms with E-state index in [1.54, 1.807) is 30.3 Å². The number of nitrogens with two attached hydrogens (primary N) is 1. The molecule has 8 nitrogen and oxygen atoms in total. The number of urea groups is 1. The molecule has 0 saturated carbocycles. The lowest BCUT2D eigenvalue weighted by atomic mass is 10.1. The van der Waals surface area contributed by atoms with Crippen LogP contribution in [-0.2, 0) is 4.74 Å². The zero-order valence-corrected chi connectivity index (χ0v) is 16.3. The van der Waals surface area contributed by atoms with Crippen LogP contribution in [0.2, 0.25) is 0 Å². The maximum absolute atomic E-state index is 13.3. The Morgan fingerprint density at radius 1 is 1.19 bits per heavy atom. The normalized spacial score (nSPS) is 13.2. The molecule has 3 aromatic rings. The molecule has 2 aromatic heterocycles. The molecule has 2 amide bonds. The Bertz CT molecular complexity index is 1090. The van der Waals surface area contributed by atoms with Gasteiger partial charge in [0.1, 0.15) is 18.1 Å². The molecule has 1 unspecified atom stereocenters. The third kappa shape index (κ3) is 5.19. The van der Waals surface area contributed by atoms with E-state index in [-0.39, 0.29) is 21.8 Å². The lowest BCUT2D eigenvalue weighted by Crippen LogP contribution is -2.32. The van der Waals surface area contributed by atoms with Gasteiger partial charge in [-0.25, -0.2) is 14.2 Å². The number of ether oxygens (including phenoxy) is 1. The number of hydrogen-bond acceptors (Lipinski definition) is 4. The molecule has 0 aliphatic rings. The fourth-order valence-corrected chi connectivity index (χ4v) is 2.87. The van der Waals surface area contributed by atoms with E-state index in [4.69, 9.17) is 5.73 Å². The Labute approximate surface area is 176 Å². The van der Waals surface area contributed by atoms with Gasteiger partial charge in [0, 0.05) is 17.3 Å². The quantitative estimate of drug-likeness (QED) is 0.537. The smallest absolute Gasteiger partial charge is 0.351 e. The molecule has 0 spiro atoms. The van der Waals surface area contributed by atoms with Gasteiger partial charge in [-0.3, -0.25) is 5.32 Å². The van der Waals surface area contributed by atoms with Crippen LogP contribution in [0.3, 0.4) is 0 Å². The number of rotatable bonds is 6. The van der Waals surface area contributed by atoms with Crippen LogP contribution in [0.4, 0.5) is 37.0 Å². The Hall–Kier alpha value is -3.55. The molecule has 172 valence electrons. The maximum atomic E-state index is 13.3. The van der Waals surface area contributed by atoms with Gasteiger partial charge < -0.3 is 10.5 Å². The summed E-state index contributed by atoms with van der Waals surface area (Å²) in [5.41, 5.74) is 6.24. The van der Waals surface area contributed by atoms with Crippen molar-refractivity contribution in [3.8, 4) is 16.9 Å². The first-order valence-corrected chi connectivity index (χ1v) is 8.88. The largest absolute Gasteiger partial charge is 0.435 e. The SMILES string of the molecule is Cc1c(-c2cnn(C(OCC(F)(F)F)C(F)(F)F)c2)nn(-c2ccccc2)c1NC(N)=O. The number of carbonyl (C=O) groups is 1. The van der Waals surface area contributed by atoms with E-state index >= 15 is 0 Å². The molecular weight excluding hydrogens is 446 g/mol. The molecule has 3 N–H and O–H groups in total. The molecule has 32 heavy (non-hydrogen) atoms. The molecule has 14 heteroatoms. The van der Waals surface area contributed by atoms with Crippen molar-refractivity contribution >= 4 is 11.8 Å². The van der Waals surface area contributed by atoms with E-state index in [0.29, 0.717) is 11.3 Å². The fraction of sp³-hybridized carbons (Fsp3) is 0.278. The molecule has 0 saturated heterocycles. The summed E-state index contributed by atoms with van der Waals surface area (Å²) < 4.78 is 82.5. The highest BCUT2D eigenvalue weighted by Crippen LogP contribution is 2.35. The summed E-state index contributed by atoms with van der Waals surface area (Å²) in [6.07, 6.45) is -11.2. The average Bonchev–Trinajstić information content (AvgIpc) is 3.26. The van der Waals surface area contributed by atoms with Gasteiger partial charge in [-0.15, -0.1) is 0 Å². The number of alkyl halides is 6. The molecular formula is C18H16F6N6O2. The lowest BCUT2D eigenvalue weighted by molar-refractivity contribution is -0.281. The molecule has 0 aliphatic heterocycles. The molecule has 0 aliphatic carbocycles. The van der Waals surface area contributed by atoms with Crippen LogP contribution >= 0.6 is 0 Å². The minimum absolute atomic E-state index is 0.0505. The van der Waals surface area contributed by atoms with Crippen molar-refractivity contribution in [3.63, 3.8) is 0 Å². The van der Waals surface area contributed by atoms with Crippen LogP contribution < -0.4 is 11.1 Å². The summed E-state index contributed by atoms with van der Waals surface area (Å²) in [5.74, 6) is 0.159. The Balaban J connectivity index is 2.02. The zero-order chi connectivity index (χ0) is 23.7. The van der Waals surface area contributed by atoms with Crippen molar-refractivity contribution < 1.29 is 35.9 Å². The number of hydrogen-bond donors (Lipinski definition) is 2. The monoisotopic (exact) mass is 462 g/mol. The van der Waals surface area contributed by atoms with Crippen molar-refractivity contribution in [1.29, 1.82) is 0 Å². The van der Waals surface area contributed by atoms with Crippen LogP contribution in [0.15, 0.2) is 42.7 Å². The van der Waals surface area contributed by atoms with E-state index in [1.165, 1.54) is 11.6 Å². The van der Waals surface area contributed by atoms with Crippen LogP contribution in [0.1, 0.15) is 11.8 Å². The Morgan fingerprint density at radius 3 is 2.41 bits per heavy atom. The molecule has 0 radical (unpaired) electrons. The van der Waals surface area contributed by atoms with Gasteiger partial charge in [-0.05, 0) is 19.1 Å². The minimum Gasteiger partial charge on any atom is -0.351 e. The number of para-hydroxylation sites is 1. The highest BCUT2D eigenvalue weighted by atomic mass is 19.4. The molecule has 0 fully saturated rings. The average molecular weight is 462 g/mol. The van der Waals surface area contributed by atoms with Crippen molar-refractivity contribution in [1.82, 2.24) is 19.6 Å². The van der Waals surface area contributed by atoms with E-state index < -0.39 is 31.2 Å². The van der Waals surface area contributed by atoms with Gasteiger partial charge >= 0.3 is 18.4 Å². The number of nitrogens with zero attached hydrogens (tertiary/aromatic N) is 4. The number of benzene rings is 1. The van der Waals surface area contributed by atoms with Gasteiger partial charge in [0.05, 0.1) is 11.9 Å². The molecule has 3 rings (SSSR count). The maximum Gasteiger partial charge on any atom is 0.435 e. The van der Waals surface area contributed by atoms with Crippen LogP contribution in [-0.4, -0.2) is 44.6 Å². The second-order valence-electron chi connectivity index (χ2n) is 6.59. The molecule has 0 bridgehead atoms. The summed E-state index contributed by atoms with van der Waals surface area (Å²) >= 11 is 0. The summed E-state index contributed by atoms with van der Waals surface area (Å²) in [4.78, 5) is 11.4. The van der Waals surface area contributed by atoms with E-state index in [1.807, 2.05) is 0 Å². The summed E-state index contributed by atoms with van der Waals surface area (Å²) in [6.45, 7) is -0.577. The van der Waals surface area contributed by atoms with Gasteiger partial charge in [-0.1, -0.05) is 18.2 Å². The number of halogens is 6. The third-order valence-electron chi connectivity index (χ3n) is 4.16. The predicted octanol–water partition coefficient (Wildman–Crippen LogP) is 4.17. The first-order chi connectivity index (χ1) is 14.9. The first kappa shape index (κ1) is 23.1. The van der Waals surface area contributed by atoms with Crippen LogP contribution in [0.25, 0.3) is 16.9 Å². The van der Waals surface area contributed by atoms with E-state index in [0.717, 1.165) is 12.4 Å². The van der Waals surface area contributed by atoms with E-state index in [9.17, 15) is 31.1 Å². The van der Waals surface area contributed by atoms with Gasteiger partial charge in [-0.2, -0.15) is 36.5 Å². The standard InChI is InChI=1S/C18H16F6N6O2/c1-10-13(28-30(14(10)27-16(25)31)12-5-3-2-4-6-12)11-7-26-29(8-11)15(18(22,23)24)32-9-17(19,20)21/h2-8,15H,9H2,1H3,(H3,25,27,31). The summed E-state index contributed by atoms with van der Waals surface area (Å²) in [7, 11) is 0. The van der Waals surface area contributed by atoms with E-state index in [2.05, 4.69) is 20.3 Å². The molecule has 2 heterocycles. The number of primary amides is 1. The minimum atomic E-state index is -5.16. The summed E-state index contributed by atoms with van der Waals surface area (Å²) in [5, 5.41) is 10.2. The highest BCUT2D eigenvalue weighted by Gasteiger charge is 2.45.